The second-order valence-electron chi connectivity index (χ2n) is 11.1. The number of nitrogens with zero attached hydrogens (tertiary/aromatic N) is 3. The lowest BCUT2D eigenvalue weighted by molar-refractivity contribution is -0.696. The van der Waals surface area contributed by atoms with Crippen LogP contribution in [-0.4, -0.2) is 23.1 Å². The fourth-order valence-electron chi connectivity index (χ4n) is 7.56. The first-order chi connectivity index (χ1) is 15.6. The zero-order chi connectivity index (χ0) is 21.7. The van der Waals surface area contributed by atoms with Crippen LogP contribution in [0.25, 0.3) is 5.69 Å². The van der Waals surface area contributed by atoms with Gasteiger partial charge in [-0.15, -0.1) is 0 Å². The standard InChI is InChI=1S/C28H38N3O/c1-3-20-5-6-24(4-2)26(14-20)31-10-9-30(19-31)8-7-25-18-32-27(29-25)28-15-21-11-22(16-28)13-23(12-21)17-28/h5-6,9-10,14,19,21-23,25H,3-4,7-8,11-13,15-18H2,1-2H3/q+1/t21?,22?,23?,25-,28?/m0/s1. The van der Waals surface area contributed by atoms with Crippen molar-refractivity contribution in [1.82, 2.24) is 4.57 Å². The number of hydrogen-bond acceptors (Lipinski definition) is 2. The zero-order valence-corrected chi connectivity index (χ0v) is 19.8. The first kappa shape index (κ1) is 20.5. The van der Waals surface area contributed by atoms with E-state index >= 15 is 0 Å². The summed E-state index contributed by atoms with van der Waals surface area (Å²) in [5, 5.41) is 0. The van der Waals surface area contributed by atoms with E-state index in [-0.39, 0.29) is 0 Å². The van der Waals surface area contributed by atoms with Crippen molar-refractivity contribution in [2.75, 3.05) is 6.61 Å². The summed E-state index contributed by atoms with van der Waals surface area (Å²) in [6, 6.07) is 7.22. The van der Waals surface area contributed by atoms with Crippen molar-refractivity contribution in [1.29, 1.82) is 0 Å². The van der Waals surface area contributed by atoms with Crippen LogP contribution in [0, 0.1) is 23.2 Å². The van der Waals surface area contributed by atoms with Crippen LogP contribution in [0.4, 0.5) is 0 Å². The summed E-state index contributed by atoms with van der Waals surface area (Å²) in [5.41, 5.74) is 4.42. The van der Waals surface area contributed by atoms with Gasteiger partial charge < -0.3 is 4.74 Å². The molecule has 2 aromatic rings. The molecule has 1 aromatic carbocycles. The van der Waals surface area contributed by atoms with Crippen LogP contribution in [0.3, 0.4) is 0 Å². The van der Waals surface area contributed by atoms with Crippen molar-refractivity contribution < 1.29 is 9.30 Å². The molecule has 0 saturated heterocycles. The highest BCUT2D eigenvalue weighted by atomic mass is 16.5. The number of rotatable bonds is 7. The molecule has 0 amide bonds. The van der Waals surface area contributed by atoms with Crippen molar-refractivity contribution in [3.8, 4) is 5.69 Å². The lowest BCUT2D eigenvalue weighted by Crippen LogP contribution is -2.50. The van der Waals surface area contributed by atoms with Crippen molar-refractivity contribution in [2.24, 2.45) is 28.2 Å². The predicted molar refractivity (Wildman–Crippen MR) is 127 cm³/mol. The normalized spacial score (nSPS) is 32.9. The molecule has 0 unspecified atom stereocenters. The van der Waals surface area contributed by atoms with Gasteiger partial charge in [0.1, 0.15) is 24.7 Å². The van der Waals surface area contributed by atoms with Crippen molar-refractivity contribution in [2.45, 2.75) is 84.2 Å². The molecule has 4 bridgehead atoms. The summed E-state index contributed by atoms with van der Waals surface area (Å²) in [4.78, 5) is 5.18. The van der Waals surface area contributed by atoms with Crippen LogP contribution >= 0.6 is 0 Å². The van der Waals surface area contributed by atoms with Gasteiger partial charge in [0.2, 0.25) is 6.33 Å². The minimum absolute atomic E-state index is 0.306. The predicted octanol–water partition coefficient (Wildman–Crippen LogP) is 5.29. The van der Waals surface area contributed by atoms with Crippen molar-refractivity contribution in [3.63, 3.8) is 0 Å². The third-order valence-electron chi connectivity index (χ3n) is 8.83. The summed E-state index contributed by atoms with van der Waals surface area (Å²) >= 11 is 0. The number of ether oxygens (including phenoxy) is 1. The SMILES string of the molecule is CCc1ccc(CC)c(-n2cc[n+](CC[C@H]3COC(C45CC6CC(CC(C6)C4)C5)=N3)c2)c1. The molecular weight excluding hydrogens is 394 g/mol. The van der Waals surface area contributed by atoms with Gasteiger partial charge in [0.05, 0.1) is 12.6 Å². The van der Waals surface area contributed by atoms with Crippen LogP contribution in [0.1, 0.15) is 69.9 Å². The van der Waals surface area contributed by atoms with Gasteiger partial charge in [0.15, 0.2) is 5.90 Å². The summed E-state index contributed by atoms with van der Waals surface area (Å²) in [6.07, 6.45) is 18.3. The van der Waals surface area contributed by atoms with Crippen LogP contribution in [0.5, 0.6) is 0 Å². The Bertz CT molecular complexity index is 984. The molecule has 32 heavy (non-hydrogen) atoms. The minimum atomic E-state index is 0.306. The smallest absolute Gasteiger partial charge is 0.248 e. The third kappa shape index (κ3) is 3.60. The Hall–Kier alpha value is -2.10. The van der Waals surface area contributed by atoms with Gasteiger partial charge in [-0.25, -0.2) is 14.1 Å². The molecular formula is C28H38N3O+. The molecule has 4 aliphatic carbocycles. The molecule has 7 rings (SSSR count). The summed E-state index contributed by atoms with van der Waals surface area (Å²) < 4.78 is 10.9. The van der Waals surface area contributed by atoms with E-state index in [1.54, 1.807) is 0 Å². The molecule has 4 heteroatoms. The van der Waals surface area contributed by atoms with E-state index in [2.05, 4.69) is 59.9 Å². The number of benzene rings is 1. The van der Waals surface area contributed by atoms with Gasteiger partial charge in [-0.05, 0) is 86.3 Å². The number of aliphatic imine (C=N–C) groups is 1. The number of hydrogen-bond donors (Lipinski definition) is 0. The summed E-state index contributed by atoms with van der Waals surface area (Å²) in [6.45, 7) is 6.24. The van der Waals surface area contributed by atoms with Crippen molar-refractivity contribution in [3.05, 3.63) is 48.0 Å². The molecule has 1 atom stereocenters. The first-order valence-corrected chi connectivity index (χ1v) is 13.0. The Labute approximate surface area is 192 Å². The van der Waals surface area contributed by atoms with Gasteiger partial charge in [0, 0.05) is 11.8 Å². The van der Waals surface area contributed by atoms with E-state index in [1.165, 1.54) is 55.3 Å². The number of aromatic nitrogens is 2. The fourth-order valence-corrected chi connectivity index (χ4v) is 7.56. The van der Waals surface area contributed by atoms with Crippen LogP contribution in [-0.2, 0) is 24.1 Å². The second-order valence-corrected chi connectivity index (χ2v) is 11.1. The molecule has 1 aromatic heterocycles. The van der Waals surface area contributed by atoms with Gasteiger partial charge in [-0.1, -0.05) is 26.0 Å². The molecule has 2 heterocycles. The Morgan fingerprint density at radius 1 is 1.06 bits per heavy atom. The largest absolute Gasteiger partial charge is 0.478 e. The Balaban J connectivity index is 1.13. The molecule has 4 fully saturated rings. The van der Waals surface area contributed by atoms with Crippen LogP contribution in [0.15, 0.2) is 41.9 Å². The average Bonchev–Trinajstić information content (AvgIpc) is 3.46. The maximum atomic E-state index is 6.30. The molecule has 5 aliphatic rings. The topological polar surface area (TPSA) is 30.4 Å². The van der Waals surface area contributed by atoms with Crippen molar-refractivity contribution >= 4 is 5.90 Å². The quantitative estimate of drug-likeness (QED) is 0.547. The first-order valence-electron chi connectivity index (χ1n) is 13.0. The molecule has 0 radical (unpaired) electrons. The molecule has 170 valence electrons. The lowest BCUT2D eigenvalue weighted by atomic mass is 9.49. The van der Waals surface area contributed by atoms with Crippen LogP contribution in [0.2, 0.25) is 0 Å². The van der Waals surface area contributed by atoms with Crippen LogP contribution < -0.4 is 4.57 Å². The van der Waals surface area contributed by atoms with Gasteiger partial charge in [0.25, 0.3) is 0 Å². The van der Waals surface area contributed by atoms with Gasteiger partial charge in [-0.3, -0.25) is 0 Å². The molecule has 0 N–H and O–H groups in total. The van der Waals surface area contributed by atoms with E-state index in [1.807, 2.05) is 0 Å². The molecule has 4 nitrogen and oxygen atoms in total. The third-order valence-corrected chi connectivity index (χ3v) is 8.83. The molecule has 0 spiro atoms. The number of imidazole rings is 1. The highest BCUT2D eigenvalue weighted by Crippen LogP contribution is 2.61. The second kappa shape index (κ2) is 8.04. The lowest BCUT2D eigenvalue weighted by Gasteiger charge is -2.56. The highest BCUT2D eigenvalue weighted by Gasteiger charge is 2.55. The van der Waals surface area contributed by atoms with E-state index in [0.717, 1.165) is 56.1 Å². The Morgan fingerprint density at radius 3 is 2.50 bits per heavy atom. The van der Waals surface area contributed by atoms with E-state index < -0.39 is 0 Å². The molecule has 4 saturated carbocycles. The monoisotopic (exact) mass is 432 g/mol. The summed E-state index contributed by atoms with van der Waals surface area (Å²) in [7, 11) is 0. The number of aryl methyl sites for hydroxylation is 3. The summed E-state index contributed by atoms with van der Waals surface area (Å²) in [5.74, 6) is 3.98. The van der Waals surface area contributed by atoms with Gasteiger partial charge >= 0.3 is 0 Å². The maximum absolute atomic E-state index is 6.30. The zero-order valence-electron chi connectivity index (χ0n) is 19.8. The van der Waals surface area contributed by atoms with E-state index in [4.69, 9.17) is 9.73 Å². The average molecular weight is 433 g/mol. The maximum Gasteiger partial charge on any atom is 0.248 e. The molecule has 1 aliphatic heterocycles. The minimum Gasteiger partial charge on any atom is -0.478 e. The Morgan fingerprint density at radius 2 is 1.81 bits per heavy atom. The highest BCUT2D eigenvalue weighted by molar-refractivity contribution is 5.84. The van der Waals surface area contributed by atoms with E-state index in [0.29, 0.717) is 11.5 Å². The Kier molecular flexibility index (Phi) is 5.15. The van der Waals surface area contributed by atoms with E-state index in [9.17, 15) is 0 Å². The fraction of sp³-hybridized carbons (Fsp3) is 0.643. The van der Waals surface area contributed by atoms with Gasteiger partial charge in [-0.2, -0.15) is 0 Å².